The molecule has 2 atom stereocenters. The second-order valence-corrected chi connectivity index (χ2v) is 11.5. The first-order valence-electron chi connectivity index (χ1n) is 9.95. The van der Waals surface area contributed by atoms with E-state index in [1.54, 1.807) is 36.4 Å². The Morgan fingerprint density at radius 3 is 2.39 bits per heavy atom. The SMILES string of the molecule is Cc1cc(S(=O)(=O)NC(C2=NNC(c3ccc(Cl)cc3)C2)c2ccc(Cl)cc2Cl)ccc1Br. The van der Waals surface area contributed by atoms with Gasteiger partial charge in [-0.2, -0.15) is 9.82 Å². The van der Waals surface area contributed by atoms with Crippen LogP contribution in [0.25, 0.3) is 0 Å². The molecule has 172 valence electrons. The molecule has 0 radical (unpaired) electrons. The van der Waals surface area contributed by atoms with E-state index in [0.717, 1.165) is 15.6 Å². The van der Waals surface area contributed by atoms with Gasteiger partial charge in [0.15, 0.2) is 0 Å². The number of rotatable bonds is 6. The molecule has 2 unspecified atom stereocenters. The number of aryl methyl sites for hydroxylation is 1. The van der Waals surface area contributed by atoms with E-state index in [1.807, 2.05) is 31.2 Å². The minimum absolute atomic E-state index is 0.120. The molecule has 0 amide bonds. The van der Waals surface area contributed by atoms with Gasteiger partial charge in [-0.15, -0.1) is 0 Å². The Morgan fingerprint density at radius 2 is 1.73 bits per heavy atom. The maximum Gasteiger partial charge on any atom is 0.241 e. The smallest absolute Gasteiger partial charge is 0.241 e. The van der Waals surface area contributed by atoms with Crippen molar-refractivity contribution < 1.29 is 8.42 Å². The topological polar surface area (TPSA) is 70.6 Å². The fraction of sp³-hybridized carbons (Fsp3) is 0.174. The van der Waals surface area contributed by atoms with E-state index in [0.29, 0.717) is 32.8 Å². The van der Waals surface area contributed by atoms with Gasteiger partial charge in [0, 0.05) is 26.0 Å². The molecule has 0 saturated carbocycles. The summed E-state index contributed by atoms with van der Waals surface area (Å²) in [7, 11) is -3.89. The van der Waals surface area contributed by atoms with Gasteiger partial charge in [-0.25, -0.2) is 8.42 Å². The van der Waals surface area contributed by atoms with Crippen LogP contribution < -0.4 is 10.1 Å². The number of hydrazone groups is 1. The molecule has 3 aromatic carbocycles. The lowest BCUT2D eigenvalue weighted by Crippen LogP contribution is -2.34. The first-order valence-corrected chi connectivity index (χ1v) is 13.4. The van der Waals surface area contributed by atoms with Crippen molar-refractivity contribution >= 4 is 66.5 Å². The quantitative estimate of drug-likeness (QED) is 0.332. The minimum atomic E-state index is -3.89. The third-order valence-corrected chi connectivity index (χ3v) is 8.49. The lowest BCUT2D eigenvalue weighted by atomic mass is 9.96. The Kier molecular flexibility index (Phi) is 7.38. The van der Waals surface area contributed by atoms with Crippen LogP contribution in [0, 0.1) is 6.92 Å². The lowest BCUT2D eigenvalue weighted by molar-refractivity contribution is 0.576. The summed E-state index contributed by atoms with van der Waals surface area (Å²) >= 11 is 22.0. The van der Waals surface area contributed by atoms with Crippen molar-refractivity contribution in [2.75, 3.05) is 0 Å². The highest BCUT2D eigenvalue weighted by Crippen LogP contribution is 2.34. The molecule has 1 aliphatic heterocycles. The summed E-state index contributed by atoms with van der Waals surface area (Å²) in [5.41, 5.74) is 6.07. The zero-order valence-electron chi connectivity index (χ0n) is 17.3. The Hall–Kier alpha value is -1.61. The van der Waals surface area contributed by atoms with E-state index in [1.165, 1.54) is 0 Å². The van der Waals surface area contributed by atoms with Crippen molar-refractivity contribution in [3.63, 3.8) is 0 Å². The molecule has 10 heteroatoms. The molecule has 33 heavy (non-hydrogen) atoms. The van der Waals surface area contributed by atoms with Crippen molar-refractivity contribution in [3.8, 4) is 0 Å². The highest BCUT2D eigenvalue weighted by Gasteiger charge is 2.32. The summed E-state index contributed by atoms with van der Waals surface area (Å²) in [6, 6.07) is 16.4. The number of nitrogens with one attached hydrogen (secondary N) is 2. The molecule has 0 spiro atoms. The molecule has 4 rings (SSSR count). The van der Waals surface area contributed by atoms with Gasteiger partial charge < -0.3 is 5.43 Å². The molecular weight excluding hydrogens is 569 g/mol. The summed E-state index contributed by atoms with van der Waals surface area (Å²) in [5, 5.41) is 5.92. The van der Waals surface area contributed by atoms with Crippen LogP contribution in [0.5, 0.6) is 0 Å². The van der Waals surface area contributed by atoms with Gasteiger partial charge in [0.1, 0.15) is 0 Å². The number of sulfonamides is 1. The van der Waals surface area contributed by atoms with Crippen molar-refractivity contribution in [2.45, 2.75) is 30.3 Å². The summed E-state index contributed by atoms with van der Waals surface area (Å²) in [5.74, 6) is 0. The van der Waals surface area contributed by atoms with E-state index in [9.17, 15) is 8.42 Å². The maximum atomic E-state index is 13.3. The Morgan fingerprint density at radius 1 is 1.03 bits per heavy atom. The molecule has 1 aliphatic rings. The fourth-order valence-electron chi connectivity index (χ4n) is 3.59. The van der Waals surface area contributed by atoms with Gasteiger partial charge in [-0.05, 0) is 66.1 Å². The number of nitrogens with zero attached hydrogens (tertiary/aromatic N) is 1. The van der Waals surface area contributed by atoms with Crippen LogP contribution >= 0.6 is 50.7 Å². The minimum Gasteiger partial charge on any atom is -0.302 e. The standard InChI is InChI=1S/C23H19BrCl3N3O2S/c1-13-10-17(7-9-19(13)24)33(31,32)30-23(18-8-6-16(26)11-20(18)27)22-12-21(28-29-22)14-2-4-15(25)5-3-14/h2-11,21,23,28,30H,12H2,1H3. The molecular formula is C23H19BrCl3N3O2S. The van der Waals surface area contributed by atoms with Crippen molar-refractivity contribution in [3.05, 3.63) is 96.9 Å². The fourth-order valence-corrected chi connectivity index (χ4v) is 5.76. The molecule has 3 aromatic rings. The van der Waals surface area contributed by atoms with E-state index < -0.39 is 16.1 Å². The van der Waals surface area contributed by atoms with Crippen LogP contribution in [0.1, 0.15) is 35.2 Å². The largest absolute Gasteiger partial charge is 0.302 e. The van der Waals surface area contributed by atoms with E-state index in [-0.39, 0.29) is 10.9 Å². The zero-order valence-corrected chi connectivity index (χ0v) is 22.0. The number of halogens is 4. The molecule has 0 saturated heterocycles. The average molecular weight is 588 g/mol. The van der Waals surface area contributed by atoms with Crippen LogP contribution in [0.3, 0.4) is 0 Å². The van der Waals surface area contributed by atoms with Crippen LogP contribution in [0.2, 0.25) is 15.1 Å². The van der Waals surface area contributed by atoms with E-state index in [2.05, 4.69) is 31.2 Å². The first-order chi connectivity index (χ1) is 15.6. The second kappa shape index (κ2) is 9.94. The van der Waals surface area contributed by atoms with Crippen LogP contribution in [-0.4, -0.2) is 14.1 Å². The van der Waals surface area contributed by atoms with E-state index >= 15 is 0 Å². The summed E-state index contributed by atoms with van der Waals surface area (Å²) in [4.78, 5) is 0.152. The maximum absolute atomic E-state index is 13.3. The lowest BCUT2D eigenvalue weighted by Gasteiger charge is -2.21. The molecule has 0 aliphatic carbocycles. The number of hydrogen-bond donors (Lipinski definition) is 2. The normalized spacial score (nSPS) is 16.9. The van der Waals surface area contributed by atoms with Gasteiger partial charge in [0.05, 0.1) is 22.7 Å². The molecule has 0 bridgehead atoms. The van der Waals surface area contributed by atoms with Gasteiger partial charge in [-0.1, -0.05) is 68.9 Å². The average Bonchev–Trinajstić information content (AvgIpc) is 3.25. The van der Waals surface area contributed by atoms with Gasteiger partial charge >= 0.3 is 0 Å². The summed E-state index contributed by atoms with van der Waals surface area (Å²) in [6.45, 7) is 1.83. The Balaban J connectivity index is 1.68. The molecule has 1 heterocycles. The van der Waals surface area contributed by atoms with Crippen LogP contribution in [0.4, 0.5) is 0 Å². The highest BCUT2D eigenvalue weighted by atomic mass is 79.9. The third kappa shape index (κ3) is 5.56. The van der Waals surface area contributed by atoms with Gasteiger partial charge in [0.2, 0.25) is 10.0 Å². The van der Waals surface area contributed by atoms with Crippen LogP contribution in [-0.2, 0) is 10.0 Å². The Bertz CT molecular complexity index is 1330. The van der Waals surface area contributed by atoms with Crippen molar-refractivity contribution in [2.24, 2.45) is 5.10 Å². The predicted molar refractivity (Wildman–Crippen MR) is 138 cm³/mol. The molecule has 5 nitrogen and oxygen atoms in total. The number of hydrogen-bond acceptors (Lipinski definition) is 4. The van der Waals surface area contributed by atoms with Crippen molar-refractivity contribution in [1.82, 2.24) is 10.1 Å². The van der Waals surface area contributed by atoms with Crippen LogP contribution in [0.15, 0.2) is 75.1 Å². The predicted octanol–water partition coefficient (Wildman–Crippen LogP) is 6.83. The molecule has 0 fully saturated rings. The molecule has 0 aromatic heterocycles. The summed E-state index contributed by atoms with van der Waals surface area (Å²) < 4.78 is 30.3. The van der Waals surface area contributed by atoms with Gasteiger partial charge in [-0.3, -0.25) is 0 Å². The Labute approximate surface area is 216 Å². The first kappa shape index (κ1) is 24.5. The second-order valence-electron chi connectivity index (χ2n) is 7.67. The highest BCUT2D eigenvalue weighted by molar-refractivity contribution is 9.10. The van der Waals surface area contributed by atoms with Crippen molar-refractivity contribution in [1.29, 1.82) is 0 Å². The van der Waals surface area contributed by atoms with Gasteiger partial charge in [0.25, 0.3) is 0 Å². The zero-order chi connectivity index (χ0) is 23.8. The third-order valence-electron chi connectivity index (χ3n) is 5.37. The number of benzene rings is 3. The molecule has 2 N–H and O–H groups in total. The van der Waals surface area contributed by atoms with E-state index in [4.69, 9.17) is 34.8 Å². The monoisotopic (exact) mass is 585 g/mol. The summed E-state index contributed by atoms with van der Waals surface area (Å²) in [6.07, 6.45) is 0.479.